The molecule has 0 radical (unpaired) electrons. The van der Waals surface area contributed by atoms with Crippen molar-refractivity contribution in [3.63, 3.8) is 0 Å². The molecule has 4 heteroatoms. The summed E-state index contributed by atoms with van der Waals surface area (Å²) < 4.78 is 31.3. The minimum atomic E-state index is -4.15. The van der Waals surface area contributed by atoms with Crippen molar-refractivity contribution in [3.8, 4) is 0 Å². The van der Waals surface area contributed by atoms with Gasteiger partial charge < -0.3 is 0 Å². The molecule has 0 aliphatic carbocycles. The van der Waals surface area contributed by atoms with Crippen LogP contribution in [0.3, 0.4) is 0 Å². The van der Waals surface area contributed by atoms with Crippen LogP contribution in [0.1, 0.15) is 5.56 Å². The number of benzene rings is 2. The second kappa shape index (κ2) is 3.32. The zero-order chi connectivity index (χ0) is 11.1. The van der Waals surface area contributed by atoms with E-state index in [1.165, 1.54) is 6.07 Å². The molecule has 0 saturated heterocycles. The van der Waals surface area contributed by atoms with E-state index in [2.05, 4.69) is 0 Å². The maximum absolute atomic E-state index is 11.1. The van der Waals surface area contributed by atoms with E-state index in [4.69, 9.17) is 4.55 Å². The lowest BCUT2D eigenvalue weighted by atomic mass is 10.1. The molecule has 0 saturated carbocycles. The van der Waals surface area contributed by atoms with Crippen LogP contribution in [0.15, 0.2) is 41.3 Å². The average Bonchev–Trinajstić information content (AvgIpc) is 2.16. The first kappa shape index (κ1) is 10.1. The third-order valence-corrected chi connectivity index (χ3v) is 3.29. The standard InChI is InChI=1S/C11H10O3S/c1-8-4-2-6-10-9(8)5-3-7-11(10)15(12,13)14/h2-7H,1H3,(H,12,13,14). The lowest BCUT2D eigenvalue weighted by Gasteiger charge is -2.05. The summed E-state index contributed by atoms with van der Waals surface area (Å²) in [5, 5.41) is 1.40. The molecule has 3 nitrogen and oxygen atoms in total. The van der Waals surface area contributed by atoms with E-state index in [0.717, 1.165) is 10.9 Å². The molecule has 2 rings (SSSR count). The van der Waals surface area contributed by atoms with Crippen molar-refractivity contribution in [2.45, 2.75) is 11.8 Å². The second-order valence-electron chi connectivity index (χ2n) is 3.40. The molecule has 15 heavy (non-hydrogen) atoms. The molecule has 0 atom stereocenters. The van der Waals surface area contributed by atoms with Crippen LogP contribution in [-0.4, -0.2) is 13.0 Å². The molecular weight excluding hydrogens is 212 g/mol. The third-order valence-electron chi connectivity index (χ3n) is 2.38. The molecular formula is C11H10O3S. The van der Waals surface area contributed by atoms with Crippen molar-refractivity contribution >= 4 is 20.9 Å². The van der Waals surface area contributed by atoms with Crippen LogP contribution >= 0.6 is 0 Å². The summed E-state index contributed by atoms with van der Waals surface area (Å²) in [5.41, 5.74) is 0.984. The molecule has 0 spiro atoms. The molecule has 0 aliphatic rings. The van der Waals surface area contributed by atoms with E-state index in [1.807, 2.05) is 19.1 Å². The quantitative estimate of drug-likeness (QED) is 0.754. The van der Waals surface area contributed by atoms with Crippen molar-refractivity contribution in [2.24, 2.45) is 0 Å². The predicted octanol–water partition coefficient (Wildman–Crippen LogP) is 2.39. The largest absolute Gasteiger partial charge is 0.295 e. The summed E-state index contributed by atoms with van der Waals surface area (Å²) in [6.45, 7) is 1.90. The lowest BCUT2D eigenvalue weighted by Crippen LogP contribution is -1.99. The van der Waals surface area contributed by atoms with Crippen LogP contribution in [0.25, 0.3) is 10.8 Å². The van der Waals surface area contributed by atoms with E-state index in [0.29, 0.717) is 5.39 Å². The molecule has 0 fully saturated rings. The van der Waals surface area contributed by atoms with Crippen LogP contribution in [0.5, 0.6) is 0 Å². The number of hydrogen-bond acceptors (Lipinski definition) is 2. The Morgan fingerprint density at radius 2 is 1.60 bits per heavy atom. The summed E-state index contributed by atoms with van der Waals surface area (Å²) in [7, 11) is -4.15. The third kappa shape index (κ3) is 1.73. The Morgan fingerprint density at radius 3 is 2.27 bits per heavy atom. The van der Waals surface area contributed by atoms with Gasteiger partial charge in [-0.15, -0.1) is 0 Å². The first-order valence-electron chi connectivity index (χ1n) is 4.46. The Bertz CT molecular complexity index is 615. The van der Waals surface area contributed by atoms with Gasteiger partial charge in [0.2, 0.25) is 0 Å². The molecule has 78 valence electrons. The van der Waals surface area contributed by atoms with Gasteiger partial charge in [0, 0.05) is 5.39 Å². The summed E-state index contributed by atoms with van der Waals surface area (Å²) in [6.07, 6.45) is 0. The molecule has 0 heterocycles. The lowest BCUT2D eigenvalue weighted by molar-refractivity contribution is 0.484. The van der Waals surface area contributed by atoms with E-state index in [1.54, 1.807) is 18.2 Å². The van der Waals surface area contributed by atoms with Gasteiger partial charge in [0.1, 0.15) is 4.90 Å². The zero-order valence-electron chi connectivity index (χ0n) is 8.14. The number of fused-ring (bicyclic) bond motifs is 1. The molecule has 0 unspecified atom stereocenters. The zero-order valence-corrected chi connectivity index (χ0v) is 8.95. The monoisotopic (exact) mass is 222 g/mol. The fourth-order valence-corrected chi connectivity index (χ4v) is 2.37. The maximum Gasteiger partial charge on any atom is 0.295 e. The maximum atomic E-state index is 11.1. The van der Waals surface area contributed by atoms with Crippen molar-refractivity contribution in [3.05, 3.63) is 42.0 Å². The highest BCUT2D eigenvalue weighted by Crippen LogP contribution is 2.24. The molecule has 0 aliphatic heterocycles. The summed E-state index contributed by atoms with van der Waals surface area (Å²) >= 11 is 0. The van der Waals surface area contributed by atoms with E-state index in [-0.39, 0.29) is 4.90 Å². The summed E-state index contributed by atoms with van der Waals surface area (Å²) in [5.74, 6) is 0. The molecule has 2 aromatic rings. The van der Waals surface area contributed by atoms with Crippen molar-refractivity contribution in [2.75, 3.05) is 0 Å². The fourth-order valence-electron chi connectivity index (χ4n) is 1.66. The Hall–Kier alpha value is -1.39. The summed E-state index contributed by atoms with van der Waals surface area (Å²) in [4.78, 5) is -0.0382. The molecule has 0 aromatic heterocycles. The van der Waals surface area contributed by atoms with Gasteiger partial charge in [0.15, 0.2) is 0 Å². The Balaban J connectivity index is 2.96. The van der Waals surface area contributed by atoms with Gasteiger partial charge in [-0.05, 0) is 23.9 Å². The fraction of sp³-hybridized carbons (Fsp3) is 0.0909. The highest BCUT2D eigenvalue weighted by atomic mass is 32.2. The Kier molecular flexibility index (Phi) is 2.25. The minimum absolute atomic E-state index is 0.0382. The van der Waals surface area contributed by atoms with Crippen molar-refractivity contribution < 1.29 is 13.0 Å². The number of aryl methyl sites for hydroxylation is 1. The summed E-state index contributed by atoms with van der Waals surface area (Å²) in [6, 6.07) is 10.2. The highest BCUT2D eigenvalue weighted by Gasteiger charge is 2.13. The highest BCUT2D eigenvalue weighted by molar-refractivity contribution is 7.86. The van der Waals surface area contributed by atoms with Crippen molar-refractivity contribution in [1.29, 1.82) is 0 Å². The van der Waals surface area contributed by atoms with E-state index < -0.39 is 10.1 Å². The molecule has 1 N–H and O–H groups in total. The van der Waals surface area contributed by atoms with Gasteiger partial charge in [-0.3, -0.25) is 4.55 Å². The normalized spacial score (nSPS) is 11.9. The first-order chi connectivity index (χ1) is 7.00. The van der Waals surface area contributed by atoms with Gasteiger partial charge >= 0.3 is 0 Å². The molecule has 2 aromatic carbocycles. The van der Waals surface area contributed by atoms with Gasteiger partial charge in [-0.2, -0.15) is 8.42 Å². The van der Waals surface area contributed by atoms with Gasteiger partial charge in [-0.25, -0.2) is 0 Å². The Morgan fingerprint density at radius 1 is 1.00 bits per heavy atom. The van der Waals surface area contributed by atoms with Crippen molar-refractivity contribution in [1.82, 2.24) is 0 Å². The van der Waals surface area contributed by atoms with Gasteiger partial charge in [-0.1, -0.05) is 30.3 Å². The van der Waals surface area contributed by atoms with Crippen LogP contribution < -0.4 is 0 Å². The van der Waals surface area contributed by atoms with E-state index in [9.17, 15) is 8.42 Å². The smallest absolute Gasteiger partial charge is 0.282 e. The Labute approximate surface area is 88.1 Å². The average molecular weight is 222 g/mol. The van der Waals surface area contributed by atoms with Crippen LogP contribution in [-0.2, 0) is 10.1 Å². The molecule has 0 bridgehead atoms. The topological polar surface area (TPSA) is 54.4 Å². The van der Waals surface area contributed by atoms with E-state index >= 15 is 0 Å². The van der Waals surface area contributed by atoms with Crippen LogP contribution in [0.2, 0.25) is 0 Å². The molecule has 0 amide bonds. The van der Waals surface area contributed by atoms with Crippen LogP contribution in [0, 0.1) is 6.92 Å². The number of rotatable bonds is 1. The number of hydrogen-bond donors (Lipinski definition) is 1. The minimum Gasteiger partial charge on any atom is -0.282 e. The van der Waals surface area contributed by atoms with Gasteiger partial charge in [0.05, 0.1) is 0 Å². The predicted molar refractivity (Wildman–Crippen MR) is 58.5 cm³/mol. The SMILES string of the molecule is Cc1cccc2c(S(=O)(=O)O)cccc12. The van der Waals surface area contributed by atoms with Crippen LogP contribution in [0.4, 0.5) is 0 Å². The van der Waals surface area contributed by atoms with Gasteiger partial charge in [0.25, 0.3) is 10.1 Å². The first-order valence-corrected chi connectivity index (χ1v) is 5.90. The second-order valence-corrected chi connectivity index (χ2v) is 4.79.